The fraction of sp³-hybridized carbons (Fsp3) is 0. The van der Waals surface area contributed by atoms with Gasteiger partial charge in [-0.25, -0.2) is 19.9 Å². The maximum atomic E-state index is 5.00. The van der Waals surface area contributed by atoms with E-state index in [9.17, 15) is 0 Å². The van der Waals surface area contributed by atoms with E-state index in [1.54, 1.807) is 0 Å². The number of fused-ring (bicyclic) bond motifs is 20. The predicted molar refractivity (Wildman–Crippen MR) is 155 cm³/mol. The molecule has 1 radical (unpaired) electrons. The van der Waals surface area contributed by atoms with Crippen molar-refractivity contribution in [2.75, 3.05) is 0 Å². The van der Waals surface area contributed by atoms with Gasteiger partial charge in [0.1, 0.15) is 11.3 Å². The van der Waals surface area contributed by atoms with Crippen LogP contribution in [0.15, 0.2) is 97.1 Å². The summed E-state index contributed by atoms with van der Waals surface area (Å²) in [7, 11) is 0. The number of aromatic amines is 1. The first-order valence-electron chi connectivity index (χ1n) is 12.9. The first kappa shape index (κ1) is 23.6. The van der Waals surface area contributed by atoms with Gasteiger partial charge in [0.15, 0.2) is 11.6 Å². The van der Waals surface area contributed by atoms with Crippen LogP contribution >= 0.6 is 0 Å². The molecule has 9 heteroatoms. The monoisotopic (exact) mass is 572 g/mol. The molecule has 4 aromatic carbocycles. The molecule has 2 aliphatic rings. The Bertz CT molecular complexity index is 2030. The second kappa shape index (κ2) is 8.88. The van der Waals surface area contributed by atoms with E-state index >= 15 is 0 Å². The number of H-pyrrole nitrogens is 1. The molecule has 8 bridgehead atoms. The van der Waals surface area contributed by atoms with Crippen LogP contribution in [0.3, 0.4) is 0 Å². The van der Waals surface area contributed by atoms with Gasteiger partial charge in [0.2, 0.25) is 0 Å². The number of benzene rings is 4. The van der Waals surface area contributed by atoms with Crippen LogP contribution in [0.5, 0.6) is 0 Å². The average Bonchev–Trinajstić information content (AvgIpc) is 3.73. The van der Waals surface area contributed by atoms with Crippen molar-refractivity contribution < 1.29 is 16.8 Å². The van der Waals surface area contributed by atoms with Crippen LogP contribution in [0.2, 0.25) is 0 Å². The van der Waals surface area contributed by atoms with Crippen molar-refractivity contribution in [2.24, 2.45) is 0 Å². The second-order valence-electron chi connectivity index (χ2n) is 9.73. The number of hydrogen-bond donors (Lipinski definition) is 1. The Morgan fingerprint density at radius 1 is 0.390 bits per heavy atom. The molecule has 41 heavy (non-hydrogen) atoms. The van der Waals surface area contributed by atoms with Gasteiger partial charge < -0.3 is 19.9 Å². The van der Waals surface area contributed by atoms with E-state index in [2.05, 4.69) is 4.98 Å². The normalized spacial score (nSPS) is 11.7. The van der Waals surface area contributed by atoms with Gasteiger partial charge in [-0.05, 0) is 10.8 Å². The molecular weight excluding hydrogens is 555 g/mol. The predicted octanol–water partition coefficient (Wildman–Crippen LogP) is 6.50. The van der Waals surface area contributed by atoms with Crippen molar-refractivity contribution in [1.29, 1.82) is 0 Å². The van der Waals surface area contributed by atoms with Crippen LogP contribution in [-0.4, -0.2) is 34.9 Å². The molecule has 0 fully saturated rings. The third-order valence-electron chi connectivity index (χ3n) is 7.40. The molecule has 0 atom stereocenters. The molecule has 0 spiro atoms. The van der Waals surface area contributed by atoms with Crippen molar-refractivity contribution in [3.05, 3.63) is 97.1 Å². The van der Waals surface area contributed by atoms with E-state index in [1.165, 1.54) is 0 Å². The number of nitrogens with one attached hydrogen (secondary N) is 1. The minimum atomic E-state index is 0. The van der Waals surface area contributed by atoms with Crippen LogP contribution < -0.4 is 4.98 Å². The summed E-state index contributed by atoms with van der Waals surface area (Å²) < 4.78 is 0. The van der Waals surface area contributed by atoms with Gasteiger partial charge in [-0.2, -0.15) is 0 Å². The van der Waals surface area contributed by atoms with Gasteiger partial charge >= 0.3 is 0 Å². The Kier molecular flexibility index (Phi) is 5.12. The molecule has 9 rings (SSSR count). The first-order valence-corrected chi connectivity index (χ1v) is 12.9. The zero-order valence-corrected chi connectivity index (χ0v) is 22.2. The smallest absolute Gasteiger partial charge is 0.163 e. The first-order chi connectivity index (χ1) is 19.8. The number of nitrogens with zero attached hydrogens (tertiary/aromatic N) is 7. The maximum Gasteiger partial charge on any atom is 0.163 e. The van der Waals surface area contributed by atoms with Gasteiger partial charge in [0.25, 0.3) is 0 Å². The minimum absolute atomic E-state index is 0. The van der Waals surface area contributed by atoms with E-state index in [4.69, 9.17) is 34.9 Å². The van der Waals surface area contributed by atoms with Crippen LogP contribution in [0, 0.1) is 0 Å². The summed E-state index contributed by atoms with van der Waals surface area (Å²) in [5.41, 5.74) is 6.11. The fourth-order valence-electron chi connectivity index (χ4n) is 5.52. The Morgan fingerprint density at radius 3 is 1.15 bits per heavy atom. The topological polar surface area (TPSA) is 107 Å². The standard InChI is InChI=1S/C32H17N8.Co/c1-2-10-18-17(9-1)25-33-26(18)38-28-21-13-5-6-14-22(21)30(35-28)40-32-24-16-8-7-15-23(24)31(36-32)39-29-20-12-4-3-11-19(20)27(34-29)37-25;/h1-16H,(H-,33,34,35,36,37,38,39,40);/q-1;. The minimum Gasteiger partial charge on any atom is -0.357 e. The van der Waals surface area contributed by atoms with E-state index in [1.807, 2.05) is 97.1 Å². The summed E-state index contributed by atoms with van der Waals surface area (Å²) in [5.74, 6) is 2.30. The third kappa shape index (κ3) is 3.53. The molecule has 0 aliphatic carbocycles. The number of hydrogen-bond acceptors (Lipinski definition) is 6. The second-order valence-corrected chi connectivity index (χ2v) is 9.73. The van der Waals surface area contributed by atoms with Crippen molar-refractivity contribution in [2.45, 2.75) is 0 Å². The SMILES string of the molecule is [Co].c1ccc2c(c1)-c1nc-2nc2[nH]c(nc3nc(nc4[n-]c(n1)c1ccccc41)-c1ccccc1-3)c1ccccc21. The van der Waals surface area contributed by atoms with Crippen molar-refractivity contribution >= 4 is 44.1 Å². The molecule has 3 aromatic heterocycles. The van der Waals surface area contributed by atoms with Gasteiger partial charge in [0.05, 0.1) is 11.6 Å². The third-order valence-corrected chi connectivity index (χ3v) is 7.40. The zero-order valence-electron chi connectivity index (χ0n) is 21.2. The zero-order chi connectivity index (χ0) is 26.2. The summed E-state index contributed by atoms with van der Waals surface area (Å²) in [4.78, 5) is 38.0. The molecule has 2 aliphatic heterocycles. The van der Waals surface area contributed by atoms with Crippen LogP contribution in [0.1, 0.15) is 0 Å². The van der Waals surface area contributed by atoms with Gasteiger partial charge in [-0.1, -0.05) is 97.1 Å². The van der Waals surface area contributed by atoms with Gasteiger partial charge in [0, 0.05) is 61.1 Å². The quantitative estimate of drug-likeness (QED) is 0.221. The Morgan fingerprint density at radius 2 is 0.732 bits per heavy atom. The molecule has 0 saturated heterocycles. The molecular formula is C32H17CoN8-. The Labute approximate surface area is 242 Å². The molecule has 7 aromatic rings. The summed E-state index contributed by atoms with van der Waals surface area (Å²) in [6.07, 6.45) is 0. The molecule has 0 saturated carbocycles. The fourth-order valence-corrected chi connectivity index (χ4v) is 5.52. The van der Waals surface area contributed by atoms with Crippen molar-refractivity contribution in [3.63, 3.8) is 0 Å². The maximum absolute atomic E-state index is 5.00. The average molecular weight is 572 g/mol. The van der Waals surface area contributed by atoms with E-state index in [0.717, 1.165) is 43.8 Å². The van der Waals surface area contributed by atoms with Crippen LogP contribution in [0.4, 0.5) is 0 Å². The molecule has 8 nitrogen and oxygen atoms in total. The molecule has 195 valence electrons. The number of aromatic nitrogens is 8. The summed E-state index contributed by atoms with van der Waals surface area (Å²) in [6.45, 7) is 0. The van der Waals surface area contributed by atoms with E-state index < -0.39 is 0 Å². The van der Waals surface area contributed by atoms with Crippen LogP contribution in [0.25, 0.3) is 89.7 Å². The van der Waals surface area contributed by atoms with E-state index in [-0.39, 0.29) is 16.8 Å². The molecule has 0 unspecified atom stereocenters. The Hall–Kier alpha value is -5.25. The largest absolute Gasteiger partial charge is 0.357 e. The summed E-state index contributed by atoms with van der Waals surface area (Å²) in [5, 5.41) is 3.70. The molecule has 5 heterocycles. The van der Waals surface area contributed by atoms with Crippen molar-refractivity contribution in [1.82, 2.24) is 39.9 Å². The summed E-state index contributed by atoms with van der Waals surface area (Å²) >= 11 is 0. The van der Waals surface area contributed by atoms with Gasteiger partial charge in [-0.15, -0.1) is 0 Å². The van der Waals surface area contributed by atoms with E-state index in [0.29, 0.717) is 45.9 Å². The van der Waals surface area contributed by atoms with Gasteiger partial charge in [-0.3, -0.25) is 0 Å². The number of rotatable bonds is 0. The molecule has 1 N–H and O–H groups in total. The Balaban J connectivity index is 0.00000256. The summed E-state index contributed by atoms with van der Waals surface area (Å²) in [6, 6.07) is 32.0. The van der Waals surface area contributed by atoms with Crippen LogP contribution in [-0.2, 0) is 16.8 Å². The van der Waals surface area contributed by atoms with Crippen molar-refractivity contribution in [3.8, 4) is 45.6 Å². The molecule has 0 amide bonds.